The largest absolute Gasteiger partial charge is 0.508 e. The maximum atomic E-state index is 9.92. The molecule has 0 spiro atoms. The van der Waals surface area contributed by atoms with E-state index in [4.69, 9.17) is 0 Å². The average Bonchev–Trinajstić information content (AvgIpc) is 2.59. The van der Waals surface area contributed by atoms with Gasteiger partial charge in [-0.15, -0.1) is 0 Å². The number of phenolic OH excluding ortho intramolecular Hbond substituents is 5. The summed E-state index contributed by atoms with van der Waals surface area (Å²) in [7, 11) is 0. The van der Waals surface area contributed by atoms with E-state index in [1.54, 1.807) is 36.4 Å². The third-order valence-corrected chi connectivity index (χ3v) is 4.55. The van der Waals surface area contributed by atoms with Gasteiger partial charge in [0, 0.05) is 5.41 Å². The molecule has 3 rings (SSSR count). The highest BCUT2D eigenvalue weighted by Gasteiger charge is 2.32. The van der Waals surface area contributed by atoms with Gasteiger partial charge in [-0.2, -0.15) is 0 Å². The molecule has 3 aromatic carbocycles. The van der Waals surface area contributed by atoms with E-state index in [0.717, 1.165) is 5.56 Å². The minimum atomic E-state index is -0.815. The van der Waals surface area contributed by atoms with Crippen molar-refractivity contribution in [2.24, 2.45) is 0 Å². The van der Waals surface area contributed by atoms with E-state index in [1.165, 1.54) is 24.3 Å². The summed E-state index contributed by atoms with van der Waals surface area (Å²) in [5.41, 5.74) is 1.31. The molecule has 128 valence electrons. The lowest BCUT2D eigenvalue weighted by Crippen LogP contribution is -2.25. The van der Waals surface area contributed by atoms with Crippen molar-refractivity contribution in [1.29, 1.82) is 0 Å². The SMILES string of the molecule is CC(c1ccc(O)cc1)(c1ccc(O)c(O)c1)c1ccc(O)c(O)c1. The van der Waals surface area contributed by atoms with Gasteiger partial charge in [0.25, 0.3) is 0 Å². The number of phenols is 5. The van der Waals surface area contributed by atoms with E-state index < -0.39 is 5.41 Å². The van der Waals surface area contributed by atoms with E-state index in [2.05, 4.69) is 0 Å². The summed E-state index contributed by atoms with van der Waals surface area (Å²) in [4.78, 5) is 0. The molecule has 5 N–H and O–H groups in total. The zero-order valence-electron chi connectivity index (χ0n) is 13.5. The molecule has 25 heavy (non-hydrogen) atoms. The highest BCUT2D eigenvalue weighted by atomic mass is 16.3. The fourth-order valence-electron chi connectivity index (χ4n) is 2.96. The quantitative estimate of drug-likeness (QED) is 0.371. The van der Waals surface area contributed by atoms with Crippen LogP contribution in [-0.2, 0) is 5.41 Å². The molecule has 0 aliphatic rings. The van der Waals surface area contributed by atoms with Crippen LogP contribution in [0.3, 0.4) is 0 Å². The second-order valence-electron chi connectivity index (χ2n) is 6.08. The molecular formula is C20H18O5. The zero-order chi connectivity index (χ0) is 18.2. The fraction of sp³-hybridized carbons (Fsp3) is 0.100. The Morgan fingerprint density at radius 1 is 0.520 bits per heavy atom. The molecule has 0 radical (unpaired) electrons. The predicted molar refractivity (Wildman–Crippen MR) is 93.2 cm³/mol. The molecule has 5 heteroatoms. The molecule has 0 fully saturated rings. The minimum Gasteiger partial charge on any atom is -0.508 e. The second kappa shape index (κ2) is 5.94. The van der Waals surface area contributed by atoms with Crippen LogP contribution in [-0.4, -0.2) is 25.5 Å². The predicted octanol–water partition coefficient (Wildman–Crippen LogP) is 3.57. The Hall–Kier alpha value is -3.34. The summed E-state index contributed by atoms with van der Waals surface area (Å²) < 4.78 is 0. The van der Waals surface area contributed by atoms with Gasteiger partial charge >= 0.3 is 0 Å². The first-order valence-corrected chi connectivity index (χ1v) is 7.67. The molecule has 3 aromatic rings. The van der Waals surface area contributed by atoms with Crippen LogP contribution in [0.5, 0.6) is 28.7 Å². The Balaban J connectivity index is 2.28. The summed E-state index contributed by atoms with van der Waals surface area (Å²) >= 11 is 0. The molecule has 0 unspecified atom stereocenters. The van der Waals surface area contributed by atoms with Gasteiger partial charge in [0.15, 0.2) is 23.0 Å². The number of aromatic hydroxyl groups is 5. The first-order valence-electron chi connectivity index (χ1n) is 7.67. The monoisotopic (exact) mass is 338 g/mol. The summed E-state index contributed by atoms with van der Waals surface area (Å²) in [6, 6.07) is 15.6. The van der Waals surface area contributed by atoms with Crippen LogP contribution in [0.25, 0.3) is 0 Å². The molecule has 0 aliphatic heterocycles. The summed E-state index contributed by atoms with van der Waals surface area (Å²) in [6.45, 7) is 1.89. The fourth-order valence-corrected chi connectivity index (χ4v) is 2.96. The number of hydrogen-bond acceptors (Lipinski definition) is 5. The normalized spacial score (nSPS) is 11.4. The van der Waals surface area contributed by atoms with Crippen molar-refractivity contribution >= 4 is 0 Å². The highest BCUT2D eigenvalue weighted by Crippen LogP contribution is 2.43. The lowest BCUT2D eigenvalue weighted by Gasteiger charge is -2.32. The Labute approximate surface area is 144 Å². The summed E-state index contributed by atoms with van der Waals surface area (Å²) in [5, 5.41) is 48.6. The van der Waals surface area contributed by atoms with Crippen LogP contribution >= 0.6 is 0 Å². The Bertz CT molecular complexity index is 864. The van der Waals surface area contributed by atoms with Gasteiger partial charge in [0.1, 0.15) is 5.75 Å². The van der Waals surface area contributed by atoms with Crippen LogP contribution in [0.15, 0.2) is 60.7 Å². The minimum absolute atomic E-state index is 0.119. The summed E-state index contributed by atoms with van der Waals surface area (Å²) in [6.07, 6.45) is 0. The van der Waals surface area contributed by atoms with Crippen LogP contribution in [0.2, 0.25) is 0 Å². The van der Waals surface area contributed by atoms with Gasteiger partial charge in [-0.25, -0.2) is 0 Å². The molecule has 5 nitrogen and oxygen atoms in total. The number of benzene rings is 3. The van der Waals surface area contributed by atoms with Crippen molar-refractivity contribution in [3.63, 3.8) is 0 Å². The number of hydrogen-bond donors (Lipinski definition) is 5. The zero-order valence-corrected chi connectivity index (χ0v) is 13.5. The molecule has 0 saturated heterocycles. The average molecular weight is 338 g/mol. The van der Waals surface area contributed by atoms with Crippen LogP contribution < -0.4 is 0 Å². The third kappa shape index (κ3) is 2.80. The van der Waals surface area contributed by atoms with Crippen molar-refractivity contribution in [2.75, 3.05) is 0 Å². The summed E-state index contributed by atoms with van der Waals surface area (Å²) in [5.74, 6) is -0.861. The second-order valence-corrected chi connectivity index (χ2v) is 6.08. The number of rotatable bonds is 3. The molecule has 0 bridgehead atoms. The van der Waals surface area contributed by atoms with Gasteiger partial charge in [-0.3, -0.25) is 0 Å². The molecule has 0 heterocycles. The molecule has 0 amide bonds. The van der Waals surface area contributed by atoms with Crippen LogP contribution in [0, 0.1) is 0 Å². The maximum absolute atomic E-state index is 9.92. The van der Waals surface area contributed by atoms with Gasteiger partial charge in [0.05, 0.1) is 0 Å². The van der Waals surface area contributed by atoms with Gasteiger partial charge in [-0.1, -0.05) is 24.3 Å². The Morgan fingerprint density at radius 2 is 0.920 bits per heavy atom. The Kier molecular flexibility index (Phi) is 3.93. The van der Waals surface area contributed by atoms with Gasteiger partial charge in [0.2, 0.25) is 0 Å². The van der Waals surface area contributed by atoms with Crippen LogP contribution in [0.1, 0.15) is 23.6 Å². The molecule has 0 atom stereocenters. The van der Waals surface area contributed by atoms with Crippen molar-refractivity contribution < 1.29 is 25.5 Å². The Morgan fingerprint density at radius 3 is 1.32 bits per heavy atom. The van der Waals surface area contributed by atoms with E-state index in [9.17, 15) is 25.5 Å². The van der Waals surface area contributed by atoms with Crippen molar-refractivity contribution in [2.45, 2.75) is 12.3 Å². The molecular weight excluding hydrogens is 320 g/mol. The van der Waals surface area contributed by atoms with Crippen molar-refractivity contribution in [3.05, 3.63) is 77.4 Å². The van der Waals surface area contributed by atoms with E-state index in [-0.39, 0.29) is 28.7 Å². The molecule has 0 saturated carbocycles. The van der Waals surface area contributed by atoms with Gasteiger partial charge in [-0.05, 0) is 60.0 Å². The molecule has 0 aliphatic carbocycles. The van der Waals surface area contributed by atoms with Crippen molar-refractivity contribution in [3.8, 4) is 28.7 Å². The smallest absolute Gasteiger partial charge is 0.157 e. The van der Waals surface area contributed by atoms with Crippen molar-refractivity contribution in [1.82, 2.24) is 0 Å². The lowest BCUT2D eigenvalue weighted by atomic mass is 9.71. The first-order chi connectivity index (χ1) is 11.8. The molecule has 0 aromatic heterocycles. The lowest BCUT2D eigenvalue weighted by molar-refractivity contribution is 0.400. The maximum Gasteiger partial charge on any atom is 0.157 e. The standard InChI is InChI=1S/C20H18O5/c1-20(12-2-6-15(21)7-3-12,13-4-8-16(22)18(24)10-13)14-5-9-17(23)19(25)11-14/h2-11,21-25H,1H3. The first kappa shape index (κ1) is 16.5. The topological polar surface area (TPSA) is 101 Å². The van der Waals surface area contributed by atoms with Gasteiger partial charge < -0.3 is 25.5 Å². The van der Waals surface area contributed by atoms with E-state index >= 15 is 0 Å². The van der Waals surface area contributed by atoms with E-state index in [0.29, 0.717) is 11.1 Å². The highest BCUT2D eigenvalue weighted by molar-refractivity contribution is 5.56. The van der Waals surface area contributed by atoms with E-state index in [1.807, 2.05) is 6.92 Å². The van der Waals surface area contributed by atoms with Crippen LogP contribution in [0.4, 0.5) is 0 Å². The third-order valence-electron chi connectivity index (χ3n) is 4.55.